The molecule has 1 radical (unpaired) electrons. The van der Waals surface area contributed by atoms with Gasteiger partial charge in [0.25, 0.3) is 0 Å². The molecule has 0 saturated carbocycles. The second-order valence-corrected chi connectivity index (χ2v) is 3.32. The number of nitrogens with zero attached hydrogens (tertiary/aromatic N) is 1. The summed E-state index contributed by atoms with van der Waals surface area (Å²) in [6.45, 7) is 2.58. The topological polar surface area (TPSA) is 12.5 Å². The van der Waals surface area contributed by atoms with Crippen molar-refractivity contribution in [1.29, 1.82) is 0 Å². The minimum atomic E-state index is -1.01. The lowest BCUT2D eigenvalue weighted by Gasteiger charge is -2.29. The first-order valence-corrected chi connectivity index (χ1v) is 4.80. The molecule has 2 nitrogen and oxygen atoms in total. The van der Waals surface area contributed by atoms with Gasteiger partial charge in [0, 0.05) is 18.7 Å². The third-order valence-corrected chi connectivity index (χ3v) is 2.39. The lowest BCUT2D eigenvalue weighted by atomic mass is 10.2. The molecule has 1 heterocycles. The van der Waals surface area contributed by atoms with Crippen molar-refractivity contribution in [1.82, 2.24) is 4.90 Å². The van der Waals surface area contributed by atoms with E-state index in [2.05, 4.69) is 6.07 Å². The fraction of sp³-hybridized carbons (Fsp3) is 0.455. The van der Waals surface area contributed by atoms with Crippen molar-refractivity contribution in [2.24, 2.45) is 0 Å². The van der Waals surface area contributed by atoms with Crippen molar-refractivity contribution in [3.05, 3.63) is 35.9 Å². The minimum Gasteiger partial charge on any atom is -0.379 e. The second-order valence-electron chi connectivity index (χ2n) is 3.32. The van der Waals surface area contributed by atoms with Crippen molar-refractivity contribution in [2.45, 2.75) is 6.30 Å². The van der Waals surface area contributed by atoms with Crippen LogP contribution in [0.2, 0.25) is 0 Å². The first kappa shape index (κ1) is 9.62. The van der Waals surface area contributed by atoms with Crippen LogP contribution in [0.1, 0.15) is 11.9 Å². The summed E-state index contributed by atoms with van der Waals surface area (Å²) in [6, 6.07) is 9.89. The lowest BCUT2D eigenvalue weighted by molar-refractivity contribution is -0.0216. The number of alkyl halides is 1. The SMILES string of the molecule is FC(c1cc[c]cc1)N1CCOCC1. The molecular formula is C11H13FNO. The Bertz CT molecular complexity index is 272. The molecule has 1 aromatic rings. The Balaban J connectivity index is 2.03. The third kappa shape index (κ3) is 2.11. The highest BCUT2D eigenvalue weighted by molar-refractivity contribution is 5.16. The largest absolute Gasteiger partial charge is 0.379 e. The van der Waals surface area contributed by atoms with Gasteiger partial charge in [-0.25, -0.2) is 4.39 Å². The number of hydrogen-bond acceptors (Lipinski definition) is 2. The first-order chi connectivity index (χ1) is 6.88. The molecule has 1 aliphatic heterocycles. The summed E-state index contributed by atoms with van der Waals surface area (Å²) in [5.41, 5.74) is 0.700. The summed E-state index contributed by atoms with van der Waals surface area (Å²) in [7, 11) is 0. The van der Waals surface area contributed by atoms with Gasteiger partial charge in [0.15, 0.2) is 6.30 Å². The van der Waals surface area contributed by atoms with Crippen molar-refractivity contribution in [2.75, 3.05) is 26.3 Å². The molecule has 1 aliphatic rings. The monoisotopic (exact) mass is 194 g/mol. The van der Waals surface area contributed by atoms with Gasteiger partial charge in [-0.05, 0) is 6.07 Å². The zero-order valence-corrected chi connectivity index (χ0v) is 7.95. The molecule has 1 fully saturated rings. The molecule has 1 saturated heterocycles. The van der Waals surface area contributed by atoms with Crippen LogP contribution in [0.25, 0.3) is 0 Å². The number of ether oxygens (including phenoxy) is 1. The smallest absolute Gasteiger partial charge is 0.179 e. The van der Waals surface area contributed by atoms with E-state index in [0.717, 1.165) is 0 Å². The van der Waals surface area contributed by atoms with Crippen molar-refractivity contribution >= 4 is 0 Å². The van der Waals surface area contributed by atoms with Crippen molar-refractivity contribution in [3.63, 3.8) is 0 Å². The van der Waals surface area contributed by atoms with Gasteiger partial charge < -0.3 is 4.74 Å². The molecule has 3 heteroatoms. The summed E-state index contributed by atoms with van der Waals surface area (Å²) < 4.78 is 19.0. The average Bonchev–Trinajstić information content (AvgIpc) is 2.30. The highest BCUT2D eigenvalue weighted by atomic mass is 19.1. The summed E-state index contributed by atoms with van der Waals surface area (Å²) in [5, 5.41) is 0. The Kier molecular flexibility index (Phi) is 3.11. The van der Waals surface area contributed by atoms with E-state index in [0.29, 0.717) is 31.9 Å². The van der Waals surface area contributed by atoms with Crippen LogP contribution in [0.4, 0.5) is 4.39 Å². The molecule has 0 N–H and O–H groups in total. The maximum absolute atomic E-state index is 13.9. The van der Waals surface area contributed by atoms with E-state index in [-0.39, 0.29) is 0 Å². The highest BCUT2D eigenvalue weighted by Gasteiger charge is 2.21. The zero-order chi connectivity index (χ0) is 9.80. The first-order valence-electron chi connectivity index (χ1n) is 4.80. The van der Waals surface area contributed by atoms with Gasteiger partial charge >= 0.3 is 0 Å². The number of halogens is 1. The number of rotatable bonds is 2. The Morgan fingerprint density at radius 3 is 2.57 bits per heavy atom. The van der Waals surface area contributed by atoms with E-state index < -0.39 is 6.30 Å². The molecule has 1 atom stereocenters. The molecule has 0 amide bonds. The van der Waals surface area contributed by atoms with Crippen LogP contribution < -0.4 is 0 Å². The van der Waals surface area contributed by atoms with Crippen LogP contribution in [0, 0.1) is 6.07 Å². The highest BCUT2D eigenvalue weighted by Crippen LogP contribution is 2.22. The quantitative estimate of drug-likeness (QED) is 0.665. The molecule has 0 bridgehead atoms. The van der Waals surface area contributed by atoms with Gasteiger partial charge in [0.05, 0.1) is 13.2 Å². The van der Waals surface area contributed by atoms with Gasteiger partial charge in [-0.1, -0.05) is 24.3 Å². The molecule has 0 spiro atoms. The molecule has 2 rings (SSSR count). The predicted octanol–water partition coefficient (Wildman–Crippen LogP) is 1.79. The standard InChI is InChI=1S/C11H13FNO/c12-11(10-4-2-1-3-5-10)13-6-8-14-9-7-13/h2-5,11H,6-9H2. The van der Waals surface area contributed by atoms with E-state index in [9.17, 15) is 4.39 Å². The van der Waals surface area contributed by atoms with Crippen LogP contribution in [-0.2, 0) is 4.74 Å². The Labute approximate surface area is 83.3 Å². The van der Waals surface area contributed by atoms with Gasteiger partial charge in [-0.3, -0.25) is 4.90 Å². The van der Waals surface area contributed by atoms with E-state index in [4.69, 9.17) is 4.74 Å². The van der Waals surface area contributed by atoms with E-state index >= 15 is 0 Å². The van der Waals surface area contributed by atoms with Gasteiger partial charge in [0.1, 0.15) is 0 Å². The van der Waals surface area contributed by atoms with Crippen molar-refractivity contribution < 1.29 is 9.13 Å². The van der Waals surface area contributed by atoms with Crippen LogP contribution in [0.5, 0.6) is 0 Å². The Morgan fingerprint density at radius 1 is 1.29 bits per heavy atom. The van der Waals surface area contributed by atoms with Crippen molar-refractivity contribution in [3.8, 4) is 0 Å². The fourth-order valence-corrected chi connectivity index (χ4v) is 1.57. The van der Waals surface area contributed by atoms with Gasteiger partial charge in [0.2, 0.25) is 0 Å². The molecule has 0 aromatic heterocycles. The van der Waals surface area contributed by atoms with Gasteiger partial charge in [-0.2, -0.15) is 0 Å². The Morgan fingerprint density at radius 2 is 1.93 bits per heavy atom. The molecular weight excluding hydrogens is 181 g/mol. The summed E-state index contributed by atoms with van der Waals surface area (Å²) in [4.78, 5) is 1.79. The van der Waals surface area contributed by atoms with Gasteiger partial charge in [-0.15, -0.1) is 0 Å². The summed E-state index contributed by atoms with van der Waals surface area (Å²) in [6.07, 6.45) is -1.01. The van der Waals surface area contributed by atoms with Crippen LogP contribution in [0.3, 0.4) is 0 Å². The lowest BCUT2D eigenvalue weighted by Crippen LogP contribution is -2.37. The normalized spacial score (nSPS) is 20.6. The maximum Gasteiger partial charge on any atom is 0.179 e. The number of benzene rings is 1. The minimum absolute atomic E-state index is 0.624. The van der Waals surface area contributed by atoms with E-state index in [1.165, 1.54) is 0 Å². The van der Waals surface area contributed by atoms with E-state index in [1.807, 2.05) is 0 Å². The van der Waals surface area contributed by atoms with E-state index in [1.54, 1.807) is 29.2 Å². The van der Waals surface area contributed by atoms with Crippen LogP contribution in [0.15, 0.2) is 24.3 Å². The number of morpholine rings is 1. The zero-order valence-electron chi connectivity index (χ0n) is 7.95. The molecule has 75 valence electrons. The molecule has 1 unspecified atom stereocenters. The maximum atomic E-state index is 13.9. The summed E-state index contributed by atoms with van der Waals surface area (Å²) in [5.74, 6) is 0. The van der Waals surface area contributed by atoms with Crippen LogP contribution >= 0.6 is 0 Å². The molecule has 1 aromatic carbocycles. The average molecular weight is 194 g/mol. The Hall–Kier alpha value is -0.930. The second kappa shape index (κ2) is 4.53. The third-order valence-electron chi connectivity index (χ3n) is 2.39. The fourth-order valence-electron chi connectivity index (χ4n) is 1.57. The summed E-state index contributed by atoms with van der Waals surface area (Å²) >= 11 is 0. The van der Waals surface area contributed by atoms with Crippen LogP contribution in [-0.4, -0.2) is 31.2 Å². The molecule has 14 heavy (non-hydrogen) atoms. The molecule has 0 aliphatic carbocycles. The predicted molar refractivity (Wildman–Crippen MR) is 51.5 cm³/mol. The number of hydrogen-bond donors (Lipinski definition) is 0.